The molecular weight excluding hydrogens is 374 g/mol. The van der Waals surface area contributed by atoms with Crippen molar-refractivity contribution < 1.29 is 9.59 Å². The van der Waals surface area contributed by atoms with Crippen molar-refractivity contribution in [1.82, 2.24) is 9.88 Å². The number of rotatable bonds is 5. The number of nitrogens with zero attached hydrogens (tertiary/aromatic N) is 1. The van der Waals surface area contributed by atoms with Crippen LogP contribution < -0.4 is 5.32 Å². The first-order valence-electron chi connectivity index (χ1n) is 9.40. The Kier molecular flexibility index (Phi) is 5.09. The van der Waals surface area contributed by atoms with E-state index in [0.717, 1.165) is 34.1 Å². The number of likely N-dealkylation sites (tertiary alicyclic amines) is 1. The molecule has 1 atom stereocenters. The van der Waals surface area contributed by atoms with Crippen molar-refractivity contribution in [2.24, 2.45) is 5.92 Å². The third kappa shape index (κ3) is 3.90. The van der Waals surface area contributed by atoms with Gasteiger partial charge in [0, 0.05) is 47.3 Å². The summed E-state index contributed by atoms with van der Waals surface area (Å²) in [4.78, 5) is 30.0. The highest BCUT2D eigenvalue weighted by Gasteiger charge is 2.34. The van der Waals surface area contributed by atoms with Crippen molar-refractivity contribution in [3.63, 3.8) is 0 Å². The van der Waals surface area contributed by atoms with Crippen LogP contribution in [0.2, 0.25) is 5.02 Å². The molecule has 3 aromatic rings. The van der Waals surface area contributed by atoms with Gasteiger partial charge in [0.2, 0.25) is 11.8 Å². The number of anilines is 1. The number of amides is 2. The molecule has 28 heavy (non-hydrogen) atoms. The van der Waals surface area contributed by atoms with Gasteiger partial charge in [0.25, 0.3) is 0 Å². The highest BCUT2D eigenvalue weighted by molar-refractivity contribution is 6.31. The van der Waals surface area contributed by atoms with Crippen molar-refractivity contribution in [2.45, 2.75) is 19.8 Å². The van der Waals surface area contributed by atoms with Gasteiger partial charge in [0.1, 0.15) is 0 Å². The van der Waals surface area contributed by atoms with Gasteiger partial charge in [-0.15, -0.1) is 0 Å². The summed E-state index contributed by atoms with van der Waals surface area (Å²) in [7, 11) is 0. The van der Waals surface area contributed by atoms with Crippen molar-refractivity contribution >= 4 is 40.0 Å². The van der Waals surface area contributed by atoms with E-state index in [1.165, 1.54) is 0 Å². The molecule has 6 heteroatoms. The fourth-order valence-electron chi connectivity index (χ4n) is 3.74. The molecule has 1 saturated heterocycles. The second-order valence-electron chi connectivity index (χ2n) is 7.35. The Morgan fingerprint density at radius 3 is 2.96 bits per heavy atom. The minimum atomic E-state index is -0.314. The Morgan fingerprint density at radius 1 is 1.29 bits per heavy atom. The smallest absolute Gasteiger partial charge is 0.229 e. The summed E-state index contributed by atoms with van der Waals surface area (Å²) >= 11 is 6.11. The fourth-order valence-corrected chi connectivity index (χ4v) is 3.92. The Bertz CT molecular complexity index is 1040. The quantitative estimate of drug-likeness (QED) is 0.681. The Labute approximate surface area is 168 Å². The Morgan fingerprint density at radius 2 is 2.14 bits per heavy atom. The molecule has 0 spiro atoms. The van der Waals surface area contributed by atoms with E-state index in [2.05, 4.69) is 10.3 Å². The van der Waals surface area contributed by atoms with Crippen molar-refractivity contribution in [1.29, 1.82) is 0 Å². The third-order valence-corrected chi connectivity index (χ3v) is 5.49. The molecule has 1 aliphatic rings. The SMILES string of the molecule is Cc1cccc(NC(=O)[C@@H]2CC(=O)N(CCc3c[nH]c4ccc(Cl)cc34)C2)c1. The summed E-state index contributed by atoms with van der Waals surface area (Å²) < 4.78 is 0. The van der Waals surface area contributed by atoms with E-state index in [0.29, 0.717) is 18.1 Å². The average Bonchev–Trinajstić information content (AvgIpc) is 3.23. The number of carbonyl (C=O) groups excluding carboxylic acids is 2. The predicted octanol–water partition coefficient (Wildman–Crippen LogP) is 4.16. The topological polar surface area (TPSA) is 65.2 Å². The first kappa shape index (κ1) is 18.6. The van der Waals surface area contributed by atoms with Gasteiger partial charge in [-0.1, -0.05) is 23.7 Å². The Hall–Kier alpha value is -2.79. The molecule has 1 fully saturated rings. The molecule has 144 valence electrons. The number of nitrogens with one attached hydrogen (secondary N) is 2. The van der Waals surface area contributed by atoms with E-state index < -0.39 is 0 Å². The van der Waals surface area contributed by atoms with Crippen LogP contribution in [0.5, 0.6) is 0 Å². The van der Waals surface area contributed by atoms with Gasteiger partial charge >= 0.3 is 0 Å². The molecule has 2 amide bonds. The van der Waals surface area contributed by atoms with Gasteiger partial charge < -0.3 is 15.2 Å². The summed E-state index contributed by atoms with van der Waals surface area (Å²) in [6.45, 7) is 3.03. The van der Waals surface area contributed by atoms with Gasteiger partial charge in [0.15, 0.2) is 0 Å². The number of H-pyrrole nitrogens is 1. The summed E-state index contributed by atoms with van der Waals surface area (Å²) in [6.07, 6.45) is 2.94. The summed E-state index contributed by atoms with van der Waals surface area (Å²) in [5.74, 6) is -0.381. The molecule has 0 unspecified atom stereocenters. The van der Waals surface area contributed by atoms with E-state index in [1.807, 2.05) is 55.6 Å². The highest BCUT2D eigenvalue weighted by atomic mass is 35.5. The van der Waals surface area contributed by atoms with Gasteiger partial charge in [-0.3, -0.25) is 9.59 Å². The lowest BCUT2D eigenvalue weighted by Crippen LogP contribution is -2.30. The molecule has 2 N–H and O–H groups in total. The monoisotopic (exact) mass is 395 g/mol. The zero-order valence-electron chi connectivity index (χ0n) is 15.7. The molecular formula is C22H22ClN3O2. The highest BCUT2D eigenvalue weighted by Crippen LogP contribution is 2.25. The van der Waals surface area contributed by atoms with Crippen molar-refractivity contribution in [3.8, 4) is 0 Å². The van der Waals surface area contributed by atoms with Crippen LogP contribution in [-0.2, 0) is 16.0 Å². The van der Waals surface area contributed by atoms with Crippen LogP contribution >= 0.6 is 11.6 Å². The fraction of sp³-hybridized carbons (Fsp3) is 0.273. The van der Waals surface area contributed by atoms with Crippen molar-refractivity contribution in [3.05, 3.63) is 64.8 Å². The molecule has 0 aliphatic carbocycles. The summed E-state index contributed by atoms with van der Waals surface area (Å²) in [5, 5.41) is 4.70. The van der Waals surface area contributed by atoms with E-state index in [9.17, 15) is 9.59 Å². The largest absolute Gasteiger partial charge is 0.361 e. The number of carbonyl (C=O) groups is 2. The summed E-state index contributed by atoms with van der Waals surface area (Å²) in [5.41, 5.74) is 4.01. The van der Waals surface area contributed by atoms with Gasteiger partial charge in [0.05, 0.1) is 5.92 Å². The molecule has 0 bridgehead atoms. The molecule has 2 aromatic carbocycles. The van der Waals surface area contributed by atoms with E-state index in [-0.39, 0.29) is 24.2 Å². The second-order valence-corrected chi connectivity index (χ2v) is 7.79. The summed E-state index contributed by atoms with van der Waals surface area (Å²) in [6, 6.07) is 13.4. The van der Waals surface area contributed by atoms with Gasteiger partial charge in [-0.25, -0.2) is 0 Å². The maximum Gasteiger partial charge on any atom is 0.229 e. The number of fused-ring (bicyclic) bond motifs is 1. The van der Waals surface area contributed by atoms with Crippen LogP contribution in [0, 0.1) is 12.8 Å². The van der Waals surface area contributed by atoms with E-state index >= 15 is 0 Å². The molecule has 1 aromatic heterocycles. The number of halogens is 1. The molecule has 0 saturated carbocycles. The third-order valence-electron chi connectivity index (χ3n) is 5.25. The lowest BCUT2D eigenvalue weighted by molar-refractivity contribution is -0.128. The van der Waals surface area contributed by atoms with Crippen LogP contribution in [-0.4, -0.2) is 34.8 Å². The number of aromatic nitrogens is 1. The number of benzene rings is 2. The number of aromatic amines is 1. The lowest BCUT2D eigenvalue weighted by Gasteiger charge is -2.16. The van der Waals surface area contributed by atoms with Crippen LogP contribution in [0.3, 0.4) is 0 Å². The molecule has 4 rings (SSSR count). The lowest BCUT2D eigenvalue weighted by atomic mass is 10.1. The van der Waals surface area contributed by atoms with Crippen LogP contribution in [0.25, 0.3) is 10.9 Å². The van der Waals surface area contributed by atoms with Gasteiger partial charge in [-0.2, -0.15) is 0 Å². The first-order chi connectivity index (χ1) is 13.5. The zero-order valence-corrected chi connectivity index (χ0v) is 16.4. The maximum absolute atomic E-state index is 12.6. The zero-order chi connectivity index (χ0) is 19.7. The minimum absolute atomic E-state index is 0.0299. The molecule has 1 aliphatic heterocycles. The van der Waals surface area contributed by atoms with Crippen LogP contribution in [0.1, 0.15) is 17.5 Å². The van der Waals surface area contributed by atoms with E-state index in [1.54, 1.807) is 4.90 Å². The van der Waals surface area contributed by atoms with Gasteiger partial charge in [-0.05, 0) is 54.8 Å². The predicted molar refractivity (Wildman–Crippen MR) is 112 cm³/mol. The van der Waals surface area contributed by atoms with E-state index in [4.69, 9.17) is 11.6 Å². The average molecular weight is 396 g/mol. The number of hydrogen-bond acceptors (Lipinski definition) is 2. The minimum Gasteiger partial charge on any atom is -0.361 e. The number of aryl methyl sites for hydroxylation is 1. The first-order valence-corrected chi connectivity index (χ1v) is 9.78. The maximum atomic E-state index is 12.6. The molecule has 5 nitrogen and oxygen atoms in total. The van der Waals surface area contributed by atoms with Crippen molar-refractivity contribution in [2.75, 3.05) is 18.4 Å². The molecule has 0 radical (unpaired) electrons. The van der Waals surface area contributed by atoms with Crippen LogP contribution in [0.4, 0.5) is 5.69 Å². The number of hydrogen-bond donors (Lipinski definition) is 2. The standard InChI is InChI=1S/C22H22ClN3O2/c1-14-3-2-4-18(9-14)25-22(28)16-10-21(27)26(13-16)8-7-15-12-24-20-6-5-17(23)11-19(15)20/h2-6,9,11-12,16,24H,7-8,10,13H2,1H3,(H,25,28)/t16-/m1/s1. The second kappa shape index (κ2) is 7.68. The van der Waals surface area contributed by atoms with Crippen LogP contribution in [0.15, 0.2) is 48.7 Å². The Balaban J connectivity index is 1.38. The normalized spacial score (nSPS) is 16.7. The molecule has 2 heterocycles.